The third-order valence-corrected chi connectivity index (χ3v) is 5.03. The van der Waals surface area contributed by atoms with E-state index in [0.29, 0.717) is 13.2 Å². The van der Waals surface area contributed by atoms with E-state index in [1.54, 1.807) is 0 Å². The van der Waals surface area contributed by atoms with E-state index in [4.69, 9.17) is 9.47 Å². The molecule has 0 unspecified atom stereocenters. The van der Waals surface area contributed by atoms with Gasteiger partial charge in [-0.1, -0.05) is 12.1 Å². The number of carbonyl (C=O) groups excluding carboxylic acids is 1. The summed E-state index contributed by atoms with van der Waals surface area (Å²) < 4.78 is 11.1. The van der Waals surface area contributed by atoms with Crippen molar-refractivity contribution in [1.29, 1.82) is 0 Å². The lowest BCUT2D eigenvalue weighted by Crippen LogP contribution is -2.30. The van der Waals surface area contributed by atoms with E-state index in [2.05, 4.69) is 12.1 Å². The SMILES string of the molecule is CCOc1ccc([C@H]2CCCN2C(=O)c2ccc3c(c2)CCO3)cc1. The van der Waals surface area contributed by atoms with Crippen molar-refractivity contribution in [3.8, 4) is 11.5 Å². The van der Waals surface area contributed by atoms with Crippen LogP contribution in [0.4, 0.5) is 0 Å². The van der Waals surface area contributed by atoms with Gasteiger partial charge in [0, 0.05) is 18.5 Å². The second-order valence-corrected chi connectivity index (χ2v) is 6.58. The molecule has 0 aromatic heterocycles. The van der Waals surface area contributed by atoms with Gasteiger partial charge in [-0.25, -0.2) is 0 Å². The summed E-state index contributed by atoms with van der Waals surface area (Å²) in [6.07, 6.45) is 2.93. The Bertz CT molecular complexity index is 769. The van der Waals surface area contributed by atoms with Crippen LogP contribution in [-0.2, 0) is 6.42 Å². The van der Waals surface area contributed by atoms with Crippen LogP contribution in [0.3, 0.4) is 0 Å². The van der Waals surface area contributed by atoms with Crippen molar-refractivity contribution < 1.29 is 14.3 Å². The number of likely N-dealkylation sites (tertiary alicyclic amines) is 1. The molecular formula is C21H23NO3. The number of amides is 1. The van der Waals surface area contributed by atoms with Crippen molar-refractivity contribution in [2.24, 2.45) is 0 Å². The van der Waals surface area contributed by atoms with Crippen LogP contribution < -0.4 is 9.47 Å². The summed E-state index contributed by atoms with van der Waals surface area (Å²) >= 11 is 0. The summed E-state index contributed by atoms with van der Waals surface area (Å²) in [4.78, 5) is 15.1. The highest BCUT2D eigenvalue weighted by molar-refractivity contribution is 5.95. The molecule has 4 heteroatoms. The Morgan fingerprint density at radius 3 is 2.88 bits per heavy atom. The van der Waals surface area contributed by atoms with Crippen molar-refractivity contribution in [2.45, 2.75) is 32.2 Å². The van der Waals surface area contributed by atoms with Crippen molar-refractivity contribution in [2.75, 3.05) is 19.8 Å². The van der Waals surface area contributed by atoms with E-state index in [1.165, 1.54) is 5.56 Å². The van der Waals surface area contributed by atoms with Crippen LogP contribution in [0.1, 0.15) is 47.3 Å². The summed E-state index contributed by atoms with van der Waals surface area (Å²) in [6, 6.07) is 14.1. The highest BCUT2D eigenvalue weighted by Gasteiger charge is 2.31. The molecule has 130 valence electrons. The first-order valence-electron chi connectivity index (χ1n) is 9.05. The molecule has 2 heterocycles. The summed E-state index contributed by atoms with van der Waals surface area (Å²) in [6.45, 7) is 4.16. The summed E-state index contributed by atoms with van der Waals surface area (Å²) in [5.74, 6) is 1.91. The highest BCUT2D eigenvalue weighted by atomic mass is 16.5. The topological polar surface area (TPSA) is 38.8 Å². The van der Waals surface area contributed by atoms with Crippen LogP contribution in [-0.4, -0.2) is 30.6 Å². The maximum Gasteiger partial charge on any atom is 0.254 e. The Morgan fingerprint density at radius 1 is 1.24 bits per heavy atom. The van der Waals surface area contributed by atoms with Gasteiger partial charge in [0.2, 0.25) is 0 Å². The second-order valence-electron chi connectivity index (χ2n) is 6.58. The van der Waals surface area contributed by atoms with E-state index in [9.17, 15) is 4.79 Å². The third-order valence-electron chi connectivity index (χ3n) is 5.03. The van der Waals surface area contributed by atoms with E-state index in [1.807, 2.05) is 42.2 Å². The fourth-order valence-electron chi connectivity index (χ4n) is 3.79. The molecule has 0 radical (unpaired) electrons. The molecule has 2 aromatic rings. The van der Waals surface area contributed by atoms with Crippen LogP contribution in [0, 0.1) is 0 Å². The molecule has 0 spiro atoms. The maximum absolute atomic E-state index is 13.1. The number of fused-ring (bicyclic) bond motifs is 1. The van der Waals surface area contributed by atoms with Gasteiger partial charge in [0.25, 0.3) is 5.91 Å². The summed E-state index contributed by atoms with van der Waals surface area (Å²) in [7, 11) is 0. The van der Waals surface area contributed by atoms with Gasteiger partial charge in [-0.3, -0.25) is 4.79 Å². The first kappa shape index (κ1) is 16.0. The fraction of sp³-hybridized carbons (Fsp3) is 0.381. The van der Waals surface area contributed by atoms with Crippen molar-refractivity contribution >= 4 is 5.91 Å². The molecule has 2 aromatic carbocycles. The normalized spacial score (nSPS) is 18.8. The molecule has 2 aliphatic heterocycles. The lowest BCUT2D eigenvalue weighted by Gasteiger charge is -2.25. The minimum Gasteiger partial charge on any atom is -0.494 e. The van der Waals surface area contributed by atoms with Crippen molar-refractivity contribution in [3.05, 3.63) is 59.2 Å². The first-order valence-corrected chi connectivity index (χ1v) is 9.05. The molecule has 0 aliphatic carbocycles. The van der Waals surface area contributed by atoms with Gasteiger partial charge in [0.15, 0.2) is 0 Å². The zero-order valence-corrected chi connectivity index (χ0v) is 14.5. The Labute approximate surface area is 148 Å². The van der Waals surface area contributed by atoms with Crippen LogP contribution in [0.2, 0.25) is 0 Å². The first-order chi connectivity index (χ1) is 12.3. The molecule has 4 nitrogen and oxygen atoms in total. The van der Waals surface area contributed by atoms with Crippen LogP contribution in [0.5, 0.6) is 11.5 Å². The summed E-state index contributed by atoms with van der Waals surface area (Å²) in [5.41, 5.74) is 3.09. The third kappa shape index (κ3) is 3.09. The fourth-order valence-corrected chi connectivity index (χ4v) is 3.79. The van der Waals surface area contributed by atoms with Crippen LogP contribution in [0.25, 0.3) is 0 Å². The molecule has 0 N–H and O–H groups in total. The zero-order valence-electron chi connectivity index (χ0n) is 14.5. The zero-order chi connectivity index (χ0) is 17.2. The predicted octanol–water partition coefficient (Wildman–Crippen LogP) is 4.00. The van der Waals surface area contributed by atoms with Crippen molar-refractivity contribution in [3.63, 3.8) is 0 Å². The predicted molar refractivity (Wildman–Crippen MR) is 96.3 cm³/mol. The molecule has 1 atom stereocenters. The molecule has 25 heavy (non-hydrogen) atoms. The van der Waals surface area contributed by atoms with Gasteiger partial charge in [0.1, 0.15) is 11.5 Å². The standard InChI is InChI=1S/C21H23NO3/c1-2-24-18-8-5-15(6-9-18)19-4-3-12-22(19)21(23)17-7-10-20-16(14-17)11-13-25-20/h5-10,14,19H,2-4,11-13H2,1H3/t19-/m1/s1. The molecule has 1 saturated heterocycles. The van der Waals surface area contributed by atoms with Gasteiger partial charge < -0.3 is 14.4 Å². The van der Waals surface area contributed by atoms with E-state index in [-0.39, 0.29) is 11.9 Å². The minimum absolute atomic E-state index is 0.117. The Balaban J connectivity index is 1.55. The minimum atomic E-state index is 0.117. The number of rotatable bonds is 4. The van der Waals surface area contributed by atoms with Crippen molar-refractivity contribution in [1.82, 2.24) is 4.90 Å². The number of hydrogen-bond donors (Lipinski definition) is 0. The van der Waals surface area contributed by atoms with Gasteiger partial charge in [-0.05, 0) is 61.2 Å². The smallest absolute Gasteiger partial charge is 0.254 e. The van der Waals surface area contributed by atoms with Gasteiger partial charge in [-0.2, -0.15) is 0 Å². The Hall–Kier alpha value is -2.49. The summed E-state index contributed by atoms with van der Waals surface area (Å²) in [5, 5.41) is 0. The highest BCUT2D eigenvalue weighted by Crippen LogP contribution is 2.35. The van der Waals surface area contributed by atoms with Gasteiger partial charge >= 0.3 is 0 Å². The van der Waals surface area contributed by atoms with Gasteiger partial charge in [-0.15, -0.1) is 0 Å². The molecule has 2 aliphatic rings. The molecule has 0 bridgehead atoms. The Morgan fingerprint density at radius 2 is 2.08 bits per heavy atom. The molecular weight excluding hydrogens is 314 g/mol. The number of hydrogen-bond acceptors (Lipinski definition) is 3. The molecule has 4 rings (SSSR count). The quantitative estimate of drug-likeness (QED) is 0.846. The maximum atomic E-state index is 13.1. The Kier molecular flexibility index (Phi) is 4.35. The number of ether oxygens (including phenoxy) is 2. The van der Waals surface area contributed by atoms with Crippen LogP contribution in [0.15, 0.2) is 42.5 Å². The number of nitrogens with zero attached hydrogens (tertiary/aromatic N) is 1. The molecule has 1 amide bonds. The largest absolute Gasteiger partial charge is 0.494 e. The molecule has 0 saturated carbocycles. The lowest BCUT2D eigenvalue weighted by molar-refractivity contribution is 0.0735. The van der Waals surface area contributed by atoms with Gasteiger partial charge in [0.05, 0.1) is 19.3 Å². The second kappa shape index (κ2) is 6.79. The number of benzene rings is 2. The average Bonchev–Trinajstić information content (AvgIpc) is 3.30. The molecule has 1 fully saturated rings. The van der Waals surface area contributed by atoms with Crippen LogP contribution >= 0.6 is 0 Å². The average molecular weight is 337 g/mol. The van der Waals surface area contributed by atoms with E-state index < -0.39 is 0 Å². The van der Waals surface area contributed by atoms with E-state index in [0.717, 1.165) is 48.4 Å². The van der Waals surface area contributed by atoms with E-state index >= 15 is 0 Å². The monoisotopic (exact) mass is 337 g/mol. The lowest BCUT2D eigenvalue weighted by atomic mass is 10.0. The number of carbonyl (C=O) groups is 1.